The van der Waals surface area contributed by atoms with Gasteiger partial charge in [0.1, 0.15) is 11.4 Å². The Morgan fingerprint density at radius 2 is 1.71 bits per heavy atom. The fourth-order valence-electron chi connectivity index (χ4n) is 4.36. The van der Waals surface area contributed by atoms with Crippen LogP contribution in [0.2, 0.25) is 0 Å². The molecule has 2 aliphatic rings. The number of benzene rings is 1. The molecule has 35 heavy (non-hydrogen) atoms. The lowest BCUT2D eigenvalue weighted by molar-refractivity contribution is 0.00578. The van der Waals surface area contributed by atoms with E-state index in [0.717, 1.165) is 0 Å². The highest BCUT2D eigenvalue weighted by Crippen LogP contribution is 2.36. The van der Waals surface area contributed by atoms with Crippen LogP contribution in [-0.4, -0.2) is 58.2 Å². The van der Waals surface area contributed by atoms with Gasteiger partial charge in [-0.15, -0.1) is 0 Å². The number of carbonyl (C=O) groups is 2. The summed E-state index contributed by atoms with van der Waals surface area (Å²) in [7, 11) is -0.688. The van der Waals surface area contributed by atoms with Gasteiger partial charge in [0.2, 0.25) is 0 Å². The first-order valence-electron chi connectivity index (χ1n) is 12.2. The number of carbonyl (C=O) groups excluding carboxylic acids is 1. The second-order valence-electron chi connectivity index (χ2n) is 11.5. The molecule has 1 saturated carbocycles. The van der Waals surface area contributed by atoms with Gasteiger partial charge in [-0.25, -0.2) is 14.0 Å². The Morgan fingerprint density at radius 3 is 2.20 bits per heavy atom. The van der Waals surface area contributed by atoms with E-state index < -0.39 is 41.9 Å². The van der Waals surface area contributed by atoms with Gasteiger partial charge in [0.05, 0.1) is 17.7 Å². The number of amides is 2. The van der Waals surface area contributed by atoms with E-state index in [9.17, 15) is 14.7 Å². The predicted molar refractivity (Wildman–Crippen MR) is 131 cm³/mol. The molecule has 3 rings (SSSR count). The van der Waals surface area contributed by atoms with E-state index in [1.807, 2.05) is 27.7 Å². The smallest absolute Gasteiger partial charge is 0.465 e. The molecule has 1 aromatic carbocycles. The average molecular weight is 492 g/mol. The maximum absolute atomic E-state index is 15.0. The Balaban J connectivity index is 1.61. The molecule has 2 N–H and O–H groups in total. The summed E-state index contributed by atoms with van der Waals surface area (Å²) in [6.45, 7) is 13.1. The molecular weight excluding hydrogens is 454 g/mol. The fraction of sp³-hybridized carbons (Fsp3) is 0.680. The lowest BCUT2D eigenvalue weighted by Gasteiger charge is -2.36. The van der Waals surface area contributed by atoms with Crippen LogP contribution in [-0.2, 0) is 20.6 Å². The van der Waals surface area contributed by atoms with Gasteiger partial charge < -0.3 is 29.4 Å². The molecule has 10 heteroatoms. The van der Waals surface area contributed by atoms with Gasteiger partial charge in [-0.1, -0.05) is 12.1 Å². The largest absolute Gasteiger partial charge is 0.494 e. The van der Waals surface area contributed by atoms with Crippen LogP contribution in [0.1, 0.15) is 79.7 Å². The van der Waals surface area contributed by atoms with Crippen LogP contribution in [0.3, 0.4) is 0 Å². The van der Waals surface area contributed by atoms with Crippen molar-refractivity contribution in [3.8, 4) is 0 Å². The third kappa shape index (κ3) is 6.67. The van der Waals surface area contributed by atoms with Crippen LogP contribution in [0, 0.1) is 5.82 Å². The normalized spacial score (nSPS) is 23.6. The van der Waals surface area contributed by atoms with E-state index >= 15 is 4.39 Å². The third-order valence-corrected chi connectivity index (χ3v) is 7.05. The van der Waals surface area contributed by atoms with Crippen LogP contribution >= 0.6 is 0 Å². The first-order chi connectivity index (χ1) is 16.1. The van der Waals surface area contributed by atoms with Gasteiger partial charge in [0.15, 0.2) is 0 Å². The van der Waals surface area contributed by atoms with Crippen molar-refractivity contribution in [2.24, 2.45) is 0 Å². The van der Waals surface area contributed by atoms with Crippen LogP contribution in [0.4, 0.5) is 14.0 Å². The number of ether oxygens (including phenoxy) is 1. The van der Waals surface area contributed by atoms with Crippen LogP contribution in [0.5, 0.6) is 0 Å². The zero-order chi connectivity index (χ0) is 26.2. The SMILES string of the molecule is CC(C)(C)OC(=O)NC1CCC(N(Cc2ccc(B3OC(C)(C)C(C)(C)O3)cc2F)C(=O)O)CC1. The van der Waals surface area contributed by atoms with Crippen molar-refractivity contribution < 1.29 is 33.1 Å². The molecule has 0 atom stereocenters. The number of alkyl carbamates (subject to hydrolysis) is 1. The quantitative estimate of drug-likeness (QED) is 0.590. The maximum atomic E-state index is 15.0. The lowest BCUT2D eigenvalue weighted by Crippen LogP contribution is -2.46. The first-order valence-corrected chi connectivity index (χ1v) is 12.2. The topological polar surface area (TPSA) is 97.3 Å². The molecule has 1 saturated heterocycles. The second kappa shape index (κ2) is 9.97. The third-order valence-electron chi connectivity index (χ3n) is 7.05. The summed E-state index contributed by atoms with van der Waals surface area (Å²) in [6, 6.07) is 4.35. The number of rotatable bonds is 5. The lowest BCUT2D eigenvalue weighted by atomic mass is 9.78. The Morgan fingerprint density at radius 1 is 1.14 bits per heavy atom. The number of nitrogens with one attached hydrogen (secondary N) is 1. The zero-order valence-electron chi connectivity index (χ0n) is 21.8. The highest BCUT2D eigenvalue weighted by atomic mass is 19.1. The molecular formula is C25H38BFN2O6. The molecule has 0 bridgehead atoms. The van der Waals surface area contributed by atoms with Gasteiger partial charge in [-0.05, 0) is 85.7 Å². The summed E-state index contributed by atoms with van der Waals surface area (Å²) >= 11 is 0. The van der Waals surface area contributed by atoms with E-state index in [1.165, 1.54) is 11.0 Å². The Bertz CT molecular complexity index is 924. The molecule has 1 aliphatic heterocycles. The molecule has 1 aromatic rings. The Kier molecular flexibility index (Phi) is 7.77. The summed E-state index contributed by atoms with van der Waals surface area (Å²) in [5.41, 5.74) is -0.806. The number of hydrogen-bond acceptors (Lipinski definition) is 5. The molecule has 1 heterocycles. The summed E-state index contributed by atoms with van der Waals surface area (Å²) < 4.78 is 32.3. The van der Waals surface area contributed by atoms with Gasteiger partial charge in [-0.2, -0.15) is 0 Å². The minimum absolute atomic E-state index is 0.0559. The predicted octanol–water partition coefficient (Wildman–Crippen LogP) is 4.44. The van der Waals surface area contributed by atoms with E-state index in [2.05, 4.69) is 5.32 Å². The highest BCUT2D eigenvalue weighted by molar-refractivity contribution is 6.62. The monoisotopic (exact) mass is 492 g/mol. The van der Waals surface area contributed by atoms with Crippen molar-refractivity contribution in [3.05, 3.63) is 29.6 Å². The van der Waals surface area contributed by atoms with Crippen molar-refractivity contribution in [2.75, 3.05) is 0 Å². The van der Waals surface area contributed by atoms with Gasteiger partial charge in [0, 0.05) is 17.6 Å². The molecule has 8 nitrogen and oxygen atoms in total. The van der Waals surface area contributed by atoms with Crippen molar-refractivity contribution in [3.63, 3.8) is 0 Å². The van der Waals surface area contributed by atoms with Crippen molar-refractivity contribution in [1.29, 1.82) is 0 Å². The van der Waals surface area contributed by atoms with Crippen molar-refractivity contribution >= 4 is 24.8 Å². The van der Waals surface area contributed by atoms with Crippen molar-refractivity contribution in [2.45, 2.75) is 110 Å². The van der Waals surface area contributed by atoms with Gasteiger partial charge in [-0.3, -0.25) is 0 Å². The molecule has 0 spiro atoms. The molecule has 1 aliphatic carbocycles. The summed E-state index contributed by atoms with van der Waals surface area (Å²) in [5, 5.41) is 12.7. The molecule has 0 unspecified atom stereocenters. The average Bonchev–Trinajstić information content (AvgIpc) is 2.93. The summed E-state index contributed by atoms with van der Waals surface area (Å²) in [4.78, 5) is 25.3. The first kappa shape index (κ1) is 27.3. The van der Waals surface area contributed by atoms with E-state index in [0.29, 0.717) is 36.7 Å². The van der Waals surface area contributed by atoms with E-state index in [4.69, 9.17) is 14.0 Å². The van der Waals surface area contributed by atoms with Crippen molar-refractivity contribution in [1.82, 2.24) is 10.2 Å². The molecule has 0 aromatic heterocycles. The van der Waals surface area contributed by atoms with E-state index in [-0.39, 0.29) is 18.6 Å². The molecule has 2 fully saturated rings. The second-order valence-corrected chi connectivity index (χ2v) is 11.5. The molecule has 194 valence electrons. The number of nitrogens with zero attached hydrogens (tertiary/aromatic N) is 1. The van der Waals surface area contributed by atoms with Gasteiger partial charge >= 0.3 is 19.3 Å². The Labute approximate surface area is 207 Å². The Hall–Kier alpha value is -2.33. The minimum atomic E-state index is -1.09. The highest BCUT2D eigenvalue weighted by Gasteiger charge is 2.51. The van der Waals surface area contributed by atoms with Crippen LogP contribution < -0.4 is 10.8 Å². The summed E-state index contributed by atoms with van der Waals surface area (Å²) in [6.07, 6.45) is 0.817. The zero-order valence-corrected chi connectivity index (χ0v) is 21.8. The molecule has 2 amide bonds. The molecule has 0 radical (unpaired) electrons. The van der Waals surface area contributed by atoms with Crippen LogP contribution in [0.25, 0.3) is 0 Å². The van der Waals surface area contributed by atoms with Gasteiger partial charge in [0.25, 0.3) is 0 Å². The van der Waals surface area contributed by atoms with Crippen LogP contribution in [0.15, 0.2) is 18.2 Å². The summed E-state index contributed by atoms with van der Waals surface area (Å²) in [5.74, 6) is -0.497. The fourth-order valence-corrected chi connectivity index (χ4v) is 4.36. The standard InChI is InChI=1S/C25H38BFN2O6/c1-23(2,3)33-21(30)28-18-10-12-19(13-11-18)29(22(31)32)15-16-8-9-17(14-20(16)27)26-34-24(4,5)25(6,7)35-26/h8-9,14,18-19H,10-13,15H2,1-7H3,(H,28,30)(H,31,32). The number of carboxylic acid groups (broad SMARTS) is 1. The van der Waals surface area contributed by atoms with E-state index in [1.54, 1.807) is 32.9 Å². The number of halogens is 1. The number of hydrogen-bond donors (Lipinski definition) is 2. The minimum Gasteiger partial charge on any atom is -0.465 e. The maximum Gasteiger partial charge on any atom is 0.494 e.